The molecule has 14 rings (SSSR count). The number of carbonyl (C=O) groups excluding carboxylic acids is 4. The van der Waals surface area contributed by atoms with Crippen LogP contribution in [0.1, 0.15) is 126 Å². The fourth-order valence-electron chi connectivity index (χ4n) is 10.9. The number of alkyl halides is 1. The van der Waals surface area contributed by atoms with Crippen molar-refractivity contribution in [2.24, 2.45) is 5.73 Å². The van der Waals surface area contributed by atoms with Crippen LogP contribution in [0.15, 0.2) is 211 Å². The van der Waals surface area contributed by atoms with E-state index in [1.807, 2.05) is 164 Å². The summed E-state index contributed by atoms with van der Waals surface area (Å²) in [5, 5.41) is 11.2. The van der Waals surface area contributed by atoms with Gasteiger partial charge in [0.15, 0.2) is 5.78 Å². The Morgan fingerprint density at radius 1 is 0.542 bits per heavy atom. The van der Waals surface area contributed by atoms with E-state index in [4.69, 9.17) is 21.5 Å². The highest BCUT2D eigenvalue weighted by Gasteiger charge is 2.52. The van der Waals surface area contributed by atoms with Gasteiger partial charge in [0.05, 0.1) is 54.3 Å². The van der Waals surface area contributed by atoms with Crippen LogP contribution in [0.2, 0.25) is 0 Å². The number of carbonyl (C=O) groups is 5. The topological polar surface area (TPSA) is 310 Å². The molecule has 0 radical (unpaired) electrons. The quantitative estimate of drug-likeness (QED) is 0.0598. The van der Waals surface area contributed by atoms with Gasteiger partial charge in [-0.1, -0.05) is 24.3 Å². The molecule has 3 aliphatic rings. The molecule has 23 nitrogen and oxygen atoms in total. The summed E-state index contributed by atoms with van der Waals surface area (Å²) >= 11 is 6.43. The zero-order chi connectivity index (χ0) is 77.3. The number of nitrogens with one attached hydrogen (secondary N) is 1. The number of hydrogen-bond donors (Lipinski definition) is 3. The zero-order valence-electron chi connectivity index (χ0n) is 61.2. The number of anilines is 2. The number of aryl methyl sites for hydroxylation is 4. The van der Waals surface area contributed by atoms with Gasteiger partial charge in [-0.05, 0) is 225 Å². The first kappa shape index (κ1) is 78.6. The fourth-order valence-corrected chi connectivity index (χ4v) is 11.3. The summed E-state index contributed by atoms with van der Waals surface area (Å²) in [5.41, 5.74) is 20.7. The molecule has 3 saturated heterocycles. The Morgan fingerprint density at radius 2 is 1.02 bits per heavy atom. The van der Waals surface area contributed by atoms with Crippen LogP contribution in [0.4, 0.5) is 15.9 Å². The van der Waals surface area contributed by atoms with E-state index < -0.39 is 20.2 Å². The smallest absolute Gasteiger partial charge is 0.477 e. The van der Waals surface area contributed by atoms with Gasteiger partial charge in [0, 0.05) is 161 Å². The van der Waals surface area contributed by atoms with Crippen molar-refractivity contribution >= 4 is 85.6 Å². The number of ketones is 1. The van der Waals surface area contributed by atoms with Crippen LogP contribution in [0.5, 0.6) is 0 Å². The molecule has 0 aliphatic carbocycles. The van der Waals surface area contributed by atoms with Gasteiger partial charge >= 0.3 is 13.1 Å². The van der Waals surface area contributed by atoms with Gasteiger partial charge in [0.25, 0.3) is 5.91 Å². The molecule has 0 bridgehead atoms. The number of amides is 3. The van der Waals surface area contributed by atoms with E-state index in [0.717, 1.165) is 118 Å². The van der Waals surface area contributed by atoms with Crippen LogP contribution in [-0.2, 0) is 38.4 Å². The number of aromatic nitrogens is 11. The van der Waals surface area contributed by atoms with Gasteiger partial charge < -0.3 is 30.4 Å². The van der Waals surface area contributed by atoms with Crippen molar-refractivity contribution in [2.75, 3.05) is 30.0 Å². The number of Topliss-reactive ketones (excluding diaryl/α,β-unsaturated/α-hetero) is 1. The SMILES string of the molecule is CC1(C)OB(c2ccc(N3CCCC3=O)cn2)OC1(C)C.Cc1cc(-c2ccc(CCC(=O)c3ccc(-c4ccc(N5CCCC5=O)nc4)cn3)cn2)ccn1.Cc1cc(-c2ccc(CN)cn2)ccn1.Cc1cc(-c2ccc(CNC(=O)c3ccc(Br)cn3)cn2)ccn1.O=C(O)c1ccc(Br)cn1.[2H]CF. The Bertz CT molecular complexity index is 4800. The highest BCUT2D eigenvalue weighted by atomic mass is 79.9. The summed E-state index contributed by atoms with van der Waals surface area (Å²) in [4.78, 5) is 109. The largest absolute Gasteiger partial charge is 0.514 e. The average Bonchev–Trinajstić information content (AvgIpc) is 1.62. The Kier molecular flexibility index (Phi) is 28.2. The van der Waals surface area contributed by atoms with Crippen LogP contribution in [0, 0.1) is 20.8 Å². The predicted molar refractivity (Wildman–Crippen MR) is 417 cm³/mol. The summed E-state index contributed by atoms with van der Waals surface area (Å²) in [5.74, 6) is -0.268. The van der Waals surface area contributed by atoms with Gasteiger partial charge in [-0.3, -0.25) is 68.3 Å². The first-order valence-corrected chi connectivity index (χ1v) is 35.8. The maximum absolute atomic E-state index is 12.7. The van der Waals surface area contributed by atoms with Gasteiger partial charge in [-0.25, -0.2) is 19.7 Å². The molecule has 107 heavy (non-hydrogen) atoms. The van der Waals surface area contributed by atoms with Crippen molar-refractivity contribution in [3.8, 4) is 44.9 Å². The van der Waals surface area contributed by atoms with Crippen molar-refractivity contribution in [3.63, 3.8) is 0 Å². The molecule has 11 aromatic heterocycles. The number of halogens is 3. The molecule has 0 spiro atoms. The van der Waals surface area contributed by atoms with Crippen molar-refractivity contribution in [1.82, 2.24) is 60.1 Å². The molecule has 11 aromatic rings. The number of carboxylic acid groups (broad SMARTS) is 1. The molecule has 4 N–H and O–H groups in total. The lowest BCUT2D eigenvalue weighted by Crippen LogP contribution is -2.41. The first-order chi connectivity index (χ1) is 51.9. The van der Waals surface area contributed by atoms with Crippen LogP contribution < -0.4 is 26.4 Å². The van der Waals surface area contributed by atoms with Crippen molar-refractivity contribution in [1.29, 1.82) is 0 Å². The second-order valence-corrected chi connectivity index (χ2v) is 27.5. The number of aromatic carboxylic acids is 1. The average molecular weight is 1570 g/mol. The van der Waals surface area contributed by atoms with Crippen molar-refractivity contribution in [2.45, 2.75) is 111 Å². The minimum Gasteiger partial charge on any atom is -0.477 e. The Morgan fingerprint density at radius 3 is 1.43 bits per heavy atom. The standard InChI is InChI=1S/C28H25N5O2.C18H15BrN4O.C15H21BN2O3.C12H13N3.C6H4BrNO2.CH3F/c1-19-15-21(12-13-29-19)24-8-4-20(16-30-24)5-10-26(34)25-9-6-22(17-31-25)23-7-11-27(32-18-23)33-14-2-3-28(33)35;1-12-8-14(6-7-20-12)16-4-2-13(9-21-16)10-23-18(24)17-5-3-15(19)11-22-17;1-14(2)15(3,4)21-16(20-14)12-8-7-11(10-17-12)18-9-5-6-13(18)19;1-9-6-11(4-5-14-9)12-3-2-10(7-13)8-15-12;7-4-1-2-5(6(9)10)8-3-4;1-2/h4,6-9,11-13,15-18H,2-3,5,10,14H2,1H3;2-9,11H,10H2,1H3,(H,23,24);7-8,10H,5-6,9H2,1-4H3;2-6,8H,7,13H2,1H3;1-3H,(H,9,10);1H3/i;;;;;1D. The Labute approximate surface area is 639 Å². The van der Waals surface area contributed by atoms with Crippen LogP contribution in [0.25, 0.3) is 44.9 Å². The van der Waals surface area contributed by atoms with E-state index >= 15 is 0 Å². The molecule has 0 saturated carbocycles. The number of hydrogen-bond acceptors (Lipinski definition) is 19. The summed E-state index contributed by atoms with van der Waals surface area (Å²) in [7, 11) is -1.46. The molecule has 548 valence electrons. The monoisotopic (exact) mass is 1570 g/mol. The molecule has 3 amide bonds. The number of rotatable bonds is 16. The third-order valence-corrected chi connectivity index (χ3v) is 18.4. The van der Waals surface area contributed by atoms with Crippen molar-refractivity contribution < 1.29 is 44.1 Å². The van der Waals surface area contributed by atoms with E-state index in [1.54, 1.807) is 83.6 Å². The van der Waals surface area contributed by atoms with Gasteiger partial charge in [0.2, 0.25) is 11.8 Å². The molecule has 3 fully saturated rings. The van der Waals surface area contributed by atoms with Gasteiger partial charge in [-0.15, -0.1) is 0 Å². The van der Waals surface area contributed by atoms with Crippen LogP contribution in [-0.4, -0.2) is 128 Å². The molecular weight excluding hydrogens is 1490 g/mol. The third kappa shape index (κ3) is 22.8. The molecule has 0 aromatic carbocycles. The summed E-state index contributed by atoms with van der Waals surface area (Å²) in [6.45, 7) is 16.4. The van der Waals surface area contributed by atoms with Crippen LogP contribution >= 0.6 is 31.9 Å². The zero-order valence-corrected chi connectivity index (χ0v) is 63.4. The predicted octanol–water partition coefficient (Wildman–Crippen LogP) is 13.9. The number of nitrogens with two attached hydrogens (primary N) is 1. The van der Waals surface area contributed by atoms with E-state index in [9.17, 15) is 28.4 Å². The van der Waals surface area contributed by atoms with E-state index in [2.05, 4.69) is 92.0 Å². The lowest BCUT2D eigenvalue weighted by Gasteiger charge is -2.32. The Balaban J connectivity index is 0.000000163. The Hall–Kier alpha value is -11.0. The summed E-state index contributed by atoms with van der Waals surface area (Å²) in [6, 6.07) is 41.4. The second-order valence-electron chi connectivity index (χ2n) is 25.7. The van der Waals surface area contributed by atoms with Gasteiger partial charge in [-0.2, -0.15) is 0 Å². The lowest BCUT2D eigenvalue weighted by atomic mass is 9.84. The summed E-state index contributed by atoms with van der Waals surface area (Å²) < 4.78 is 29.1. The highest BCUT2D eigenvalue weighted by Crippen LogP contribution is 2.37. The van der Waals surface area contributed by atoms with E-state index in [1.165, 1.54) is 12.3 Å². The molecular formula is C80H81BBr2FN15O8. The highest BCUT2D eigenvalue weighted by molar-refractivity contribution is 9.10. The maximum Gasteiger partial charge on any atom is 0.514 e. The third-order valence-electron chi connectivity index (χ3n) is 17.4. The molecule has 27 heteroatoms. The van der Waals surface area contributed by atoms with Crippen molar-refractivity contribution in [3.05, 3.63) is 261 Å². The molecule has 0 unspecified atom stereocenters. The minimum absolute atomic E-state index is 0.00796. The fraction of sp³-hybridized carbons (Fsp3) is 0.250. The van der Waals surface area contributed by atoms with Crippen LogP contribution in [0.3, 0.4) is 0 Å². The summed E-state index contributed by atoms with van der Waals surface area (Å²) in [6.07, 6.45) is 22.9. The molecule has 0 atom stereocenters. The number of carboxylic acids is 1. The maximum atomic E-state index is 12.7. The minimum atomic E-state index is -1.01. The lowest BCUT2D eigenvalue weighted by molar-refractivity contribution is -0.117. The number of pyridine rings is 11. The molecule has 14 heterocycles. The number of nitrogens with zero attached hydrogens (tertiary/aromatic N) is 13. The van der Waals surface area contributed by atoms with E-state index in [-0.39, 0.29) is 40.4 Å². The van der Waals surface area contributed by atoms with E-state index in [0.29, 0.717) is 62.5 Å². The molecule has 3 aliphatic heterocycles. The normalized spacial score (nSPS) is 13.9. The first-order valence-electron chi connectivity index (χ1n) is 34.9. The second kappa shape index (κ2) is 38.3. The van der Waals surface area contributed by atoms with Gasteiger partial charge in [0.1, 0.15) is 22.9 Å².